The van der Waals surface area contributed by atoms with Crippen LogP contribution in [0, 0.1) is 0 Å². The van der Waals surface area contributed by atoms with Crippen molar-refractivity contribution in [3.8, 4) is 0 Å². The number of carbonyl (C=O) groups excluding carboxylic acids is 1. The molecule has 0 unspecified atom stereocenters. The van der Waals surface area contributed by atoms with E-state index in [4.69, 9.17) is 0 Å². The molecule has 0 spiro atoms. The van der Waals surface area contributed by atoms with E-state index in [1.54, 1.807) is 0 Å². The molecule has 6 heteroatoms. The summed E-state index contributed by atoms with van der Waals surface area (Å²) in [6.07, 6.45) is -2.95. The van der Waals surface area contributed by atoms with Gasteiger partial charge in [0, 0.05) is 4.47 Å². The van der Waals surface area contributed by atoms with Gasteiger partial charge in [0.25, 0.3) is 6.43 Å². The van der Waals surface area contributed by atoms with E-state index in [2.05, 4.69) is 21.0 Å². The Balaban J connectivity index is 2.15. The minimum absolute atomic E-state index is 0.205. The second-order valence-electron chi connectivity index (χ2n) is 3.61. The normalized spacial score (nSPS) is 15.6. The van der Waals surface area contributed by atoms with Gasteiger partial charge in [-0.15, -0.1) is 0 Å². The van der Waals surface area contributed by atoms with Crippen LogP contribution in [0.5, 0.6) is 0 Å². The standard InChI is InChI=1S/C11H9BrF2N2O/c12-8-4-2-1-3-7(8)6-16-10(17)5-9(15-16)11(13)14/h1-4,11H,5-6H2. The maximum Gasteiger partial charge on any atom is 0.278 e. The van der Waals surface area contributed by atoms with E-state index in [0.29, 0.717) is 0 Å². The first-order valence-corrected chi connectivity index (χ1v) is 5.76. The first kappa shape index (κ1) is 12.2. The molecule has 0 atom stereocenters. The highest BCUT2D eigenvalue weighted by molar-refractivity contribution is 9.10. The van der Waals surface area contributed by atoms with Crippen LogP contribution in [0.4, 0.5) is 8.78 Å². The Morgan fingerprint density at radius 2 is 2.12 bits per heavy atom. The second kappa shape index (κ2) is 4.91. The Morgan fingerprint density at radius 3 is 2.71 bits per heavy atom. The molecular weight excluding hydrogens is 294 g/mol. The molecule has 0 fully saturated rings. The fraction of sp³-hybridized carbons (Fsp3) is 0.273. The quantitative estimate of drug-likeness (QED) is 0.845. The molecule has 0 aromatic heterocycles. The van der Waals surface area contributed by atoms with Crippen LogP contribution in [0.25, 0.3) is 0 Å². The lowest BCUT2D eigenvalue weighted by molar-refractivity contribution is -0.129. The number of benzene rings is 1. The van der Waals surface area contributed by atoms with Gasteiger partial charge in [-0.2, -0.15) is 5.10 Å². The van der Waals surface area contributed by atoms with Gasteiger partial charge in [0.2, 0.25) is 5.91 Å². The molecule has 0 saturated carbocycles. The minimum atomic E-state index is -2.66. The summed E-state index contributed by atoms with van der Waals surface area (Å²) in [5, 5.41) is 4.72. The number of alkyl halides is 2. The van der Waals surface area contributed by atoms with Gasteiger partial charge in [-0.1, -0.05) is 34.1 Å². The van der Waals surface area contributed by atoms with Crippen LogP contribution in [0.3, 0.4) is 0 Å². The lowest BCUT2D eigenvalue weighted by atomic mass is 10.2. The summed E-state index contributed by atoms with van der Waals surface area (Å²) < 4.78 is 25.6. The molecule has 0 bridgehead atoms. The Kier molecular flexibility index (Phi) is 3.51. The van der Waals surface area contributed by atoms with Crippen LogP contribution in [-0.4, -0.2) is 23.1 Å². The molecule has 1 amide bonds. The van der Waals surface area contributed by atoms with Gasteiger partial charge >= 0.3 is 0 Å². The zero-order chi connectivity index (χ0) is 12.4. The zero-order valence-corrected chi connectivity index (χ0v) is 10.3. The third-order valence-electron chi connectivity index (χ3n) is 2.40. The fourth-order valence-electron chi connectivity index (χ4n) is 1.52. The molecule has 3 nitrogen and oxygen atoms in total. The summed E-state index contributed by atoms with van der Waals surface area (Å²) in [4.78, 5) is 11.5. The number of amides is 1. The number of hydrazone groups is 1. The highest BCUT2D eigenvalue weighted by Gasteiger charge is 2.29. The summed E-state index contributed by atoms with van der Waals surface area (Å²) in [6.45, 7) is 0.205. The SMILES string of the molecule is O=C1CC(C(F)F)=NN1Cc1ccccc1Br. The van der Waals surface area contributed by atoms with Gasteiger partial charge in [-0.25, -0.2) is 13.8 Å². The molecule has 1 aromatic carbocycles. The molecule has 90 valence electrons. The van der Waals surface area contributed by atoms with Crippen molar-refractivity contribution < 1.29 is 13.6 Å². The molecule has 0 aliphatic carbocycles. The smallest absolute Gasteiger partial charge is 0.273 e. The molecule has 0 saturated heterocycles. The van der Waals surface area contributed by atoms with E-state index in [1.165, 1.54) is 0 Å². The topological polar surface area (TPSA) is 32.7 Å². The number of rotatable bonds is 3. The Bertz CT molecular complexity index is 476. The summed E-state index contributed by atoms with van der Waals surface area (Å²) in [6, 6.07) is 7.30. The van der Waals surface area contributed by atoms with Gasteiger partial charge in [0.1, 0.15) is 5.71 Å². The van der Waals surface area contributed by atoms with E-state index in [-0.39, 0.29) is 18.7 Å². The number of halogens is 3. The molecule has 0 radical (unpaired) electrons. The maximum absolute atomic E-state index is 12.4. The Morgan fingerprint density at radius 1 is 1.41 bits per heavy atom. The third-order valence-corrected chi connectivity index (χ3v) is 3.17. The second-order valence-corrected chi connectivity index (χ2v) is 4.47. The fourth-order valence-corrected chi connectivity index (χ4v) is 1.93. The Hall–Kier alpha value is -1.30. The van der Waals surface area contributed by atoms with Crippen LogP contribution < -0.4 is 0 Å². The summed E-state index contributed by atoms with van der Waals surface area (Å²) in [5.41, 5.74) is 0.474. The van der Waals surface area contributed by atoms with Crippen LogP contribution in [0.15, 0.2) is 33.8 Å². The average molecular weight is 303 g/mol. The van der Waals surface area contributed by atoms with Crippen molar-refractivity contribution >= 4 is 27.5 Å². The highest BCUT2D eigenvalue weighted by atomic mass is 79.9. The number of hydrogen-bond acceptors (Lipinski definition) is 2. The van der Waals surface area contributed by atoms with Crippen LogP contribution in [0.1, 0.15) is 12.0 Å². The van der Waals surface area contributed by atoms with Crippen molar-refractivity contribution in [1.29, 1.82) is 0 Å². The van der Waals surface area contributed by atoms with E-state index >= 15 is 0 Å². The average Bonchev–Trinajstić information content (AvgIpc) is 2.64. The Labute approximate surface area is 105 Å². The van der Waals surface area contributed by atoms with Crippen molar-refractivity contribution in [3.05, 3.63) is 34.3 Å². The lowest BCUT2D eigenvalue weighted by Gasteiger charge is -2.12. The monoisotopic (exact) mass is 302 g/mol. The van der Waals surface area contributed by atoms with Crippen LogP contribution >= 0.6 is 15.9 Å². The number of nitrogens with zero attached hydrogens (tertiary/aromatic N) is 2. The van der Waals surface area contributed by atoms with Gasteiger partial charge in [-0.3, -0.25) is 4.79 Å². The van der Waals surface area contributed by atoms with Crippen molar-refractivity contribution in [1.82, 2.24) is 5.01 Å². The van der Waals surface area contributed by atoms with Gasteiger partial charge in [0.15, 0.2) is 0 Å². The van der Waals surface area contributed by atoms with Crippen LogP contribution in [-0.2, 0) is 11.3 Å². The predicted octanol–water partition coefficient (Wildman–Crippen LogP) is 2.80. The number of hydrogen-bond donors (Lipinski definition) is 0. The van der Waals surface area contributed by atoms with Gasteiger partial charge in [-0.05, 0) is 11.6 Å². The molecule has 17 heavy (non-hydrogen) atoms. The molecule has 1 aliphatic heterocycles. The third kappa shape index (κ3) is 2.69. The lowest BCUT2D eigenvalue weighted by Crippen LogP contribution is -2.20. The molecular formula is C11H9BrF2N2O. The van der Waals surface area contributed by atoms with Crippen molar-refractivity contribution in [2.24, 2.45) is 5.10 Å². The van der Waals surface area contributed by atoms with E-state index in [9.17, 15) is 13.6 Å². The number of carbonyl (C=O) groups is 1. The first-order chi connectivity index (χ1) is 8.08. The largest absolute Gasteiger partial charge is 0.278 e. The minimum Gasteiger partial charge on any atom is -0.273 e. The van der Waals surface area contributed by atoms with Crippen LogP contribution in [0.2, 0.25) is 0 Å². The highest BCUT2D eigenvalue weighted by Crippen LogP contribution is 2.21. The summed E-state index contributed by atoms with van der Waals surface area (Å²) >= 11 is 3.33. The van der Waals surface area contributed by atoms with Gasteiger partial charge < -0.3 is 0 Å². The van der Waals surface area contributed by atoms with E-state index < -0.39 is 12.3 Å². The molecule has 1 heterocycles. The van der Waals surface area contributed by atoms with Gasteiger partial charge in [0.05, 0.1) is 13.0 Å². The maximum atomic E-state index is 12.4. The zero-order valence-electron chi connectivity index (χ0n) is 8.74. The van der Waals surface area contributed by atoms with E-state index in [1.807, 2.05) is 24.3 Å². The van der Waals surface area contributed by atoms with Crippen molar-refractivity contribution in [2.75, 3.05) is 0 Å². The van der Waals surface area contributed by atoms with Crippen molar-refractivity contribution in [2.45, 2.75) is 19.4 Å². The molecule has 1 aliphatic rings. The molecule has 1 aromatic rings. The summed E-state index contributed by atoms with van der Waals surface area (Å²) in [7, 11) is 0. The van der Waals surface area contributed by atoms with Crippen molar-refractivity contribution in [3.63, 3.8) is 0 Å². The molecule has 2 rings (SSSR count). The predicted molar refractivity (Wildman–Crippen MR) is 62.7 cm³/mol. The summed E-state index contributed by atoms with van der Waals surface area (Å²) in [5.74, 6) is -0.393. The first-order valence-electron chi connectivity index (χ1n) is 4.97. The molecule has 0 N–H and O–H groups in total. The van der Waals surface area contributed by atoms with E-state index in [0.717, 1.165) is 15.0 Å².